The molecule has 0 aliphatic rings. The Kier molecular flexibility index (Phi) is 4.22. The van der Waals surface area contributed by atoms with Crippen molar-refractivity contribution in [3.63, 3.8) is 0 Å². The molecule has 0 unspecified atom stereocenters. The molecule has 1 heterocycles. The van der Waals surface area contributed by atoms with Gasteiger partial charge in [0, 0.05) is 11.9 Å². The summed E-state index contributed by atoms with van der Waals surface area (Å²) in [6.07, 6.45) is 1.57. The third-order valence-electron chi connectivity index (χ3n) is 2.52. The van der Waals surface area contributed by atoms with Crippen molar-refractivity contribution in [1.29, 1.82) is 0 Å². The molecule has 1 aromatic heterocycles. The lowest BCUT2D eigenvalue weighted by Gasteiger charge is -2.09. The fraction of sp³-hybridized carbons (Fsp3) is 0.167. The highest BCUT2D eigenvalue weighted by atomic mass is 35.5. The standard InChI is InChI=1S/C12H13ClN4O2S/c1-8-15-5-4-10(17-8)7-16-20(18,19)12-6-9(14)2-3-11(12)13/h2-6,16H,7,14H2,1H3. The fourth-order valence-corrected chi connectivity index (χ4v) is 3.11. The number of benzene rings is 1. The van der Waals surface area contributed by atoms with Crippen LogP contribution >= 0.6 is 11.6 Å². The molecule has 0 bridgehead atoms. The topological polar surface area (TPSA) is 98.0 Å². The Hall–Kier alpha value is -1.70. The number of nitrogens with one attached hydrogen (secondary N) is 1. The third-order valence-corrected chi connectivity index (χ3v) is 4.40. The minimum Gasteiger partial charge on any atom is -0.399 e. The van der Waals surface area contributed by atoms with Gasteiger partial charge in [0.15, 0.2) is 0 Å². The van der Waals surface area contributed by atoms with Gasteiger partial charge in [0.05, 0.1) is 17.3 Å². The second-order valence-corrected chi connectivity index (χ2v) is 6.25. The summed E-state index contributed by atoms with van der Waals surface area (Å²) in [7, 11) is -3.75. The summed E-state index contributed by atoms with van der Waals surface area (Å²) in [5, 5.41) is 0.116. The summed E-state index contributed by atoms with van der Waals surface area (Å²) in [6, 6.07) is 5.93. The first-order valence-electron chi connectivity index (χ1n) is 5.72. The van der Waals surface area contributed by atoms with E-state index in [4.69, 9.17) is 17.3 Å². The summed E-state index contributed by atoms with van der Waals surface area (Å²) in [5.74, 6) is 0.573. The lowest BCUT2D eigenvalue weighted by molar-refractivity contribution is 0.580. The molecule has 8 heteroatoms. The summed E-state index contributed by atoms with van der Waals surface area (Å²) in [6.45, 7) is 1.78. The van der Waals surface area contributed by atoms with Crippen LogP contribution in [0.15, 0.2) is 35.4 Å². The first-order chi connectivity index (χ1) is 9.38. The van der Waals surface area contributed by atoms with Gasteiger partial charge in [-0.05, 0) is 31.2 Å². The normalized spacial score (nSPS) is 11.5. The molecule has 0 aliphatic heterocycles. The van der Waals surface area contributed by atoms with Crippen molar-refractivity contribution >= 4 is 27.3 Å². The van der Waals surface area contributed by atoms with Crippen LogP contribution in [0.5, 0.6) is 0 Å². The van der Waals surface area contributed by atoms with E-state index in [1.165, 1.54) is 18.2 Å². The number of nitrogen functional groups attached to an aromatic ring is 1. The van der Waals surface area contributed by atoms with E-state index in [1.54, 1.807) is 19.2 Å². The highest BCUT2D eigenvalue weighted by Gasteiger charge is 2.18. The molecular formula is C12H13ClN4O2S. The number of rotatable bonds is 4. The van der Waals surface area contributed by atoms with Crippen LogP contribution < -0.4 is 10.5 Å². The van der Waals surface area contributed by atoms with Crippen LogP contribution in [0.25, 0.3) is 0 Å². The van der Waals surface area contributed by atoms with E-state index in [0.717, 1.165) is 0 Å². The highest BCUT2D eigenvalue weighted by Crippen LogP contribution is 2.23. The van der Waals surface area contributed by atoms with Gasteiger partial charge in [-0.1, -0.05) is 11.6 Å². The van der Waals surface area contributed by atoms with Crippen molar-refractivity contribution in [1.82, 2.24) is 14.7 Å². The Balaban J connectivity index is 2.21. The van der Waals surface area contributed by atoms with Gasteiger partial charge >= 0.3 is 0 Å². The second-order valence-electron chi connectivity index (χ2n) is 4.11. The molecule has 2 rings (SSSR count). The van der Waals surface area contributed by atoms with Gasteiger partial charge in [-0.2, -0.15) is 0 Å². The molecule has 20 heavy (non-hydrogen) atoms. The number of aryl methyl sites for hydroxylation is 1. The van der Waals surface area contributed by atoms with E-state index >= 15 is 0 Å². The molecule has 6 nitrogen and oxygen atoms in total. The van der Waals surface area contributed by atoms with Crippen LogP contribution in [-0.2, 0) is 16.6 Å². The van der Waals surface area contributed by atoms with Crippen LogP contribution in [-0.4, -0.2) is 18.4 Å². The molecule has 0 atom stereocenters. The maximum atomic E-state index is 12.2. The van der Waals surface area contributed by atoms with Crippen LogP contribution in [0.1, 0.15) is 11.5 Å². The number of nitrogens with two attached hydrogens (primary N) is 1. The average Bonchev–Trinajstić information content (AvgIpc) is 2.39. The van der Waals surface area contributed by atoms with Crippen LogP contribution in [0, 0.1) is 6.92 Å². The Labute approximate surface area is 122 Å². The molecule has 3 N–H and O–H groups in total. The number of hydrogen-bond acceptors (Lipinski definition) is 5. The van der Waals surface area contributed by atoms with Crippen molar-refractivity contribution in [2.45, 2.75) is 18.4 Å². The number of nitrogens with zero attached hydrogens (tertiary/aromatic N) is 2. The van der Waals surface area contributed by atoms with Crippen molar-refractivity contribution in [3.8, 4) is 0 Å². The van der Waals surface area contributed by atoms with E-state index in [2.05, 4.69) is 14.7 Å². The van der Waals surface area contributed by atoms with Crippen molar-refractivity contribution < 1.29 is 8.42 Å². The summed E-state index contributed by atoms with van der Waals surface area (Å²) < 4.78 is 26.8. The predicted octanol–water partition coefficient (Wildman–Crippen LogP) is 1.50. The molecule has 0 aliphatic carbocycles. The van der Waals surface area contributed by atoms with Crippen molar-refractivity contribution in [2.75, 3.05) is 5.73 Å². The molecule has 0 saturated carbocycles. The van der Waals surface area contributed by atoms with Gasteiger partial charge in [-0.3, -0.25) is 0 Å². The summed E-state index contributed by atoms with van der Waals surface area (Å²) in [5.41, 5.74) is 6.48. The maximum absolute atomic E-state index is 12.2. The molecule has 0 amide bonds. The Morgan fingerprint density at radius 2 is 2.10 bits per heavy atom. The highest BCUT2D eigenvalue weighted by molar-refractivity contribution is 7.89. The number of halogens is 1. The Bertz CT molecular complexity index is 734. The zero-order valence-corrected chi connectivity index (χ0v) is 12.2. The van der Waals surface area contributed by atoms with Crippen LogP contribution in [0.4, 0.5) is 5.69 Å². The molecule has 0 saturated heterocycles. The van der Waals surface area contributed by atoms with E-state index in [9.17, 15) is 8.42 Å². The zero-order valence-electron chi connectivity index (χ0n) is 10.7. The molecule has 2 aromatic rings. The fourth-order valence-electron chi connectivity index (χ4n) is 1.58. The summed E-state index contributed by atoms with van der Waals surface area (Å²) >= 11 is 5.89. The minimum absolute atomic E-state index is 0.0510. The first kappa shape index (κ1) is 14.7. The van der Waals surface area contributed by atoms with Crippen molar-refractivity contribution in [3.05, 3.63) is 47.0 Å². The van der Waals surface area contributed by atoms with E-state index < -0.39 is 10.0 Å². The second kappa shape index (κ2) is 5.74. The predicted molar refractivity (Wildman–Crippen MR) is 76.7 cm³/mol. The molecule has 1 aromatic carbocycles. The molecule has 0 fully saturated rings. The quantitative estimate of drug-likeness (QED) is 0.834. The molecular weight excluding hydrogens is 300 g/mol. The molecule has 106 valence electrons. The third kappa shape index (κ3) is 3.44. The van der Waals surface area contributed by atoms with Crippen molar-refractivity contribution in [2.24, 2.45) is 0 Å². The number of sulfonamides is 1. The van der Waals surface area contributed by atoms with Gasteiger partial charge in [0.2, 0.25) is 10.0 Å². The lowest BCUT2D eigenvalue weighted by atomic mass is 10.3. The monoisotopic (exact) mass is 312 g/mol. The number of aromatic nitrogens is 2. The minimum atomic E-state index is -3.75. The van der Waals surface area contributed by atoms with Crippen LogP contribution in [0.3, 0.4) is 0 Å². The molecule has 0 spiro atoms. The maximum Gasteiger partial charge on any atom is 0.242 e. The largest absolute Gasteiger partial charge is 0.399 e. The first-order valence-corrected chi connectivity index (χ1v) is 7.58. The molecule has 0 radical (unpaired) electrons. The number of anilines is 1. The SMILES string of the molecule is Cc1nccc(CNS(=O)(=O)c2cc(N)ccc2Cl)n1. The van der Waals surface area contributed by atoms with Gasteiger partial charge in [0.25, 0.3) is 0 Å². The van der Waals surface area contributed by atoms with Gasteiger partial charge < -0.3 is 5.73 Å². The summed E-state index contributed by atoms with van der Waals surface area (Å²) in [4.78, 5) is 8.01. The van der Waals surface area contributed by atoms with Gasteiger partial charge in [-0.25, -0.2) is 23.1 Å². The van der Waals surface area contributed by atoms with Gasteiger partial charge in [-0.15, -0.1) is 0 Å². The smallest absolute Gasteiger partial charge is 0.242 e. The van der Waals surface area contributed by atoms with E-state index in [1.807, 2.05) is 0 Å². The average molecular weight is 313 g/mol. The lowest BCUT2D eigenvalue weighted by Crippen LogP contribution is -2.24. The Morgan fingerprint density at radius 3 is 2.80 bits per heavy atom. The van der Waals surface area contributed by atoms with E-state index in [-0.39, 0.29) is 16.5 Å². The number of hydrogen-bond donors (Lipinski definition) is 2. The van der Waals surface area contributed by atoms with E-state index in [0.29, 0.717) is 17.2 Å². The zero-order chi connectivity index (χ0) is 14.8. The van der Waals surface area contributed by atoms with Gasteiger partial charge in [0.1, 0.15) is 10.7 Å². The van der Waals surface area contributed by atoms with Crippen LogP contribution in [0.2, 0.25) is 5.02 Å². The Morgan fingerprint density at radius 1 is 1.35 bits per heavy atom.